The first kappa shape index (κ1) is 34.4. The summed E-state index contributed by atoms with van der Waals surface area (Å²) >= 11 is 0. The molecule has 0 spiro atoms. The molecule has 1 amide bonds. The molecule has 0 heterocycles. The molecule has 5 rings (SSSR count). The van der Waals surface area contributed by atoms with Crippen molar-refractivity contribution in [2.45, 2.75) is 95.8 Å². The summed E-state index contributed by atoms with van der Waals surface area (Å²) in [7, 11) is 0. The summed E-state index contributed by atoms with van der Waals surface area (Å²) < 4.78 is 5.17. The molecule has 0 radical (unpaired) electrons. The molecule has 0 aromatic heterocycles. The minimum atomic E-state index is -1.85. The number of ketones is 2. The van der Waals surface area contributed by atoms with Crippen molar-refractivity contribution in [2.75, 3.05) is 6.61 Å². The average molecular weight is 655 g/mol. The maximum atomic E-state index is 13.5. The number of non-ortho nitro benzene ring substituents is 1. The van der Waals surface area contributed by atoms with Crippen LogP contribution in [-0.4, -0.2) is 67.9 Å². The molecule has 0 unspecified atom stereocenters. The third kappa shape index (κ3) is 6.22. The third-order valence-electron chi connectivity index (χ3n) is 11.8. The van der Waals surface area contributed by atoms with Gasteiger partial charge in [-0.2, -0.15) is 0 Å². The molecule has 47 heavy (non-hydrogen) atoms. The van der Waals surface area contributed by atoms with Gasteiger partial charge in [-0.3, -0.25) is 29.3 Å². The number of esters is 1. The Kier molecular flexibility index (Phi) is 9.44. The number of benzene rings is 1. The van der Waals surface area contributed by atoms with E-state index in [0.29, 0.717) is 31.1 Å². The Labute approximate surface area is 271 Å². The zero-order chi connectivity index (χ0) is 34.3. The number of aliphatic carboxylic acids is 1. The number of nitrogens with zero attached hydrogens (tertiary/aromatic N) is 1. The smallest absolute Gasteiger partial charge is 0.329 e. The molecule has 13 nitrogen and oxygen atoms in total. The molecular weight excluding hydrogens is 612 g/mol. The molecule has 0 aliphatic heterocycles. The van der Waals surface area contributed by atoms with E-state index in [2.05, 4.69) is 12.2 Å². The summed E-state index contributed by atoms with van der Waals surface area (Å²) in [6.07, 6.45) is 4.56. The Morgan fingerprint density at radius 2 is 1.79 bits per heavy atom. The van der Waals surface area contributed by atoms with E-state index in [9.17, 15) is 49.4 Å². The van der Waals surface area contributed by atoms with E-state index in [1.165, 1.54) is 23.8 Å². The molecule has 1 aromatic carbocycles. The van der Waals surface area contributed by atoms with Gasteiger partial charge in [-0.15, -0.1) is 0 Å². The van der Waals surface area contributed by atoms with Gasteiger partial charge in [0.1, 0.15) is 11.7 Å². The summed E-state index contributed by atoms with van der Waals surface area (Å²) in [5.74, 6) is -2.97. The van der Waals surface area contributed by atoms with Crippen molar-refractivity contribution in [3.8, 4) is 0 Å². The van der Waals surface area contributed by atoms with Gasteiger partial charge in [0, 0.05) is 30.4 Å². The van der Waals surface area contributed by atoms with Crippen LogP contribution < -0.4 is 5.32 Å². The van der Waals surface area contributed by atoms with E-state index >= 15 is 0 Å². The Morgan fingerprint density at radius 1 is 1.06 bits per heavy atom. The quantitative estimate of drug-likeness (QED) is 0.154. The molecule has 4 aliphatic rings. The molecule has 13 heteroatoms. The summed E-state index contributed by atoms with van der Waals surface area (Å²) in [6, 6.07) is 2.86. The first-order valence-electron chi connectivity index (χ1n) is 16.2. The van der Waals surface area contributed by atoms with Gasteiger partial charge in [-0.1, -0.05) is 31.6 Å². The van der Waals surface area contributed by atoms with Crippen LogP contribution in [0.5, 0.6) is 0 Å². The number of carboxylic acid groups (broad SMARTS) is 1. The first-order valence-corrected chi connectivity index (χ1v) is 16.2. The molecular formula is C34H42N2O11. The normalized spacial score (nSPS) is 32.5. The number of ether oxygens (including phenoxy) is 1. The number of amides is 1. The predicted molar refractivity (Wildman–Crippen MR) is 164 cm³/mol. The second-order valence-electron chi connectivity index (χ2n) is 14.1. The van der Waals surface area contributed by atoms with Crippen LogP contribution in [0, 0.1) is 38.7 Å². The van der Waals surface area contributed by atoms with Gasteiger partial charge in [0.15, 0.2) is 18.4 Å². The summed E-state index contributed by atoms with van der Waals surface area (Å²) in [4.78, 5) is 72.6. The molecule has 0 bridgehead atoms. The van der Waals surface area contributed by atoms with Crippen LogP contribution in [0.4, 0.5) is 5.69 Å². The van der Waals surface area contributed by atoms with Crippen LogP contribution in [0.3, 0.4) is 0 Å². The van der Waals surface area contributed by atoms with Gasteiger partial charge in [0.25, 0.3) is 5.69 Å². The zero-order valence-corrected chi connectivity index (χ0v) is 26.6. The third-order valence-corrected chi connectivity index (χ3v) is 11.8. The molecule has 4 aliphatic carbocycles. The minimum Gasteiger partial charge on any atom is -0.480 e. The molecule has 254 valence electrons. The standard InChI is InChI=1S/C34H42N2O11/c1-32-13-10-22(37)17-20(32)6-7-23-24(32)11-14-33(2)25(23)12-15-34(33,44)26(38)18-47-28(40)9-8-27(39)35-29(31(42)43)30(41)19-4-3-5-21(16-19)36(45)46/h3-5,16-17,23-25,29-30,41,44H,6-15,18H2,1-2H3,(H,35,39)(H,42,43)/t23-,24+,25+,29+,30+,32+,33+,34+/m1/s1. The number of rotatable bonds is 11. The number of aliphatic hydroxyl groups excluding tert-OH is 1. The minimum absolute atomic E-state index is 0.0461. The fraction of sp³-hybridized carbons (Fsp3) is 0.618. The van der Waals surface area contributed by atoms with Crippen molar-refractivity contribution in [3.05, 3.63) is 51.6 Å². The van der Waals surface area contributed by atoms with E-state index in [4.69, 9.17) is 4.74 Å². The van der Waals surface area contributed by atoms with E-state index in [1.54, 1.807) is 0 Å². The Balaban J connectivity index is 1.14. The number of carbonyl (C=O) groups excluding carboxylic acids is 4. The number of allylic oxidation sites excluding steroid dienone is 1. The van der Waals surface area contributed by atoms with E-state index in [-0.39, 0.29) is 34.8 Å². The number of carbonyl (C=O) groups is 5. The predicted octanol–water partition coefficient (Wildman–Crippen LogP) is 3.35. The second kappa shape index (κ2) is 12.9. The van der Waals surface area contributed by atoms with Crippen molar-refractivity contribution in [2.24, 2.45) is 28.6 Å². The number of fused-ring (bicyclic) bond motifs is 5. The lowest BCUT2D eigenvalue weighted by Crippen LogP contribution is -2.58. The highest BCUT2D eigenvalue weighted by Gasteiger charge is 2.66. The van der Waals surface area contributed by atoms with E-state index < -0.39 is 71.2 Å². The lowest BCUT2D eigenvalue weighted by molar-refractivity contribution is -0.385. The fourth-order valence-electron chi connectivity index (χ4n) is 9.12. The average Bonchev–Trinajstić information content (AvgIpc) is 3.32. The lowest BCUT2D eigenvalue weighted by Gasteiger charge is -2.58. The largest absolute Gasteiger partial charge is 0.480 e. The van der Waals surface area contributed by atoms with Crippen molar-refractivity contribution in [3.63, 3.8) is 0 Å². The highest BCUT2D eigenvalue weighted by Crippen LogP contribution is 2.67. The zero-order valence-electron chi connectivity index (χ0n) is 26.6. The summed E-state index contributed by atoms with van der Waals surface area (Å²) in [5.41, 5.74) is -1.63. The number of aliphatic hydroxyl groups is 2. The number of hydrogen-bond acceptors (Lipinski definition) is 10. The maximum Gasteiger partial charge on any atom is 0.329 e. The first-order chi connectivity index (χ1) is 22.1. The van der Waals surface area contributed by atoms with Gasteiger partial charge >= 0.3 is 11.9 Å². The van der Waals surface area contributed by atoms with Crippen LogP contribution in [0.2, 0.25) is 0 Å². The van der Waals surface area contributed by atoms with Crippen LogP contribution in [-0.2, 0) is 28.7 Å². The summed E-state index contributed by atoms with van der Waals surface area (Å²) in [6.45, 7) is 3.56. The Bertz CT molecular complexity index is 1520. The van der Waals surface area contributed by atoms with E-state index in [0.717, 1.165) is 31.7 Å². The number of Topliss-reactive ketones (excluding diaryl/α,β-unsaturated/α-hetero) is 1. The van der Waals surface area contributed by atoms with Crippen LogP contribution in [0.25, 0.3) is 0 Å². The van der Waals surface area contributed by atoms with Gasteiger partial charge in [0.05, 0.1) is 11.3 Å². The van der Waals surface area contributed by atoms with Gasteiger partial charge in [-0.25, -0.2) is 4.79 Å². The highest BCUT2D eigenvalue weighted by molar-refractivity contribution is 5.92. The topological polar surface area (TPSA) is 210 Å². The Hall–Kier alpha value is -3.97. The van der Waals surface area contributed by atoms with Crippen molar-refractivity contribution < 1.29 is 49.0 Å². The number of hydrogen-bond donors (Lipinski definition) is 4. The Morgan fingerprint density at radius 3 is 2.49 bits per heavy atom. The van der Waals surface area contributed by atoms with Crippen LogP contribution >= 0.6 is 0 Å². The fourth-order valence-corrected chi connectivity index (χ4v) is 9.12. The molecule has 0 saturated heterocycles. The molecule has 1 aromatic rings. The number of nitrogens with one attached hydrogen (secondary N) is 1. The highest BCUT2D eigenvalue weighted by atomic mass is 16.6. The number of carboxylic acids is 1. The van der Waals surface area contributed by atoms with Gasteiger partial charge in [0.2, 0.25) is 11.7 Å². The number of nitro benzene ring substituents is 1. The number of nitro groups is 1. The van der Waals surface area contributed by atoms with Gasteiger partial charge < -0.3 is 25.4 Å². The van der Waals surface area contributed by atoms with Crippen LogP contribution in [0.1, 0.15) is 89.7 Å². The molecule has 4 N–H and O–H groups in total. The van der Waals surface area contributed by atoms with Crippen molar-refractivity contribution >= 4 is 35.1 Å². The molecule has 3 fully saturated rings. The van der Waals surface area contributed by atoms with Gasteiger partial charge in [-0.05, 0) is 79.8 Å². The lowest BCUT2D eigenvalue weighted by atomic mass is 9.46. The SMILES string of the molecule is C[C@]12CCC(=O)C=C1CC[C@@H]1[C@@H]2CC[C@@]2(C)[C@H]1CC[C@]2(O)C(=O)COC(=O)CCC(=O)N[C@H](C(=O)O)[C@@H](O)c1cccc([N+](=O)[O-])c1. The molecule has 8 atom stereocenters. The monoisotopic (exact) mass is 654 g/mol. The van der Waals surface area contributed by atoms with E-state index in [1.807, 2.05) is 13.0 Å². The summed E-state index contributed by atoms with van der Waals surface area (Å²) in [5, 5.41) is 45.0. The van der Waals surface area contributed by atoms with Crippen molar-refractivity contribution in [1.29, 1.82) is 0 Å². The van der Waals surface area contributed by atoms with Crippen molar-refractivity contribution in [1.82, 2.24) is 5.32 Å². The second-order valence-corrected chi connectivity index (χ2v) is 14.1. The van der Waals surface area contributed by atoms with Crippen LogP contribution in [0.15, 0.2) is 35.9 Å². The molecule has 3 saturated carbocycles. The maximum absolute atomic E-state index is 13.5.